The molecule has 19 heavy (non-hydrogen) atoms. The first kappa shape index (κ1) is 12.3. The maximum atomic E-state index is 12.1. The summed E-state index contributed by atoms with van der Waals surface area (Å²) < 4.78 is 2.08. The summed E-state index contributed by atoms with van der Waals surface area (Å²) >= 11 is 1.68. The summed E-state index contributed by atoms with van der Waals surface area (Å²) in [5.41, 5.74) is 2.23. The van der Waals surface area contributed by atoms with Crippen LogP contribution in [0.5, 0.6) is 0 Å². The van der Waals surface area contributed by atoms with Crippen LogP contribution in [0.1, 0.15) is 16.6 Å². The van der Waals surface area contributed by atoms with E-state index in [1.807, 2.05) is 42.5 Å². The van der Waals surface area contributed by atoms with Crippen LogP contribution in [0, 0.1) is 0 Å². The molecule has 1 aliphatic rings. The Bertz CT molecular complexity index is 581. The second kappa shape index (κ2) is 5.09. The predicted octanol–water partition coefficient (Wildman–Crippen LogP) is 2.19. The quantitative estimate of drug-likeness (QED) is 0.860. The van der Waals surface area contributed by atoms with Crippen LogP contribution in [0.25, 0.3) is 0 Å². The van der Waals surface area contributed by atoms with Gasteiger partial charge in [0, 0.05) is 32.2 Å². The highest BCUT2D eigenvalue weighted by Crippen LogP contribution is 2.39. The second-order valence-corrected chi connectivity index (χ2v) is 5.66. The van der Waals surface area contributed by atoms with Gasteiger partial charge in [0.05, 0.1) is 11.4 Å². The fourth-order valence-electron chi connectivity index (χ4n) is 2.29. The molecule has 5 heteroatoms. The molecule has 0 bridgehead atoms. The maximum absolute atomic E-state index is 12.1. The molecule has 0 spiro atoms. The Hall–Kier alpha value is -1.75. The highest BCUT2D eigenvalue weighted by Gasteiger charge is 2.33. The summed E-state index contributed by atoms with van der Waals surface area (Å²) in [5, 5.41) is 0.104. The van der Waals surface area contributed by atoms with Crippen molar-refractivity contribution in [1.29, 1.82) is 0 Å². The van der Waals surface area contributed by atoms with E-state index in [1.54, 1.807) is 18.0 Å². The van der Waals surface area contributed by atoms with Gasteiger partial charge in [-0.25, -0.2) is 0 Å². The van der Waals surface area contributed by atoms with E-state index in [2.05, 4.69) is 15.6 Å². The lowest BCUT2D eigenvalue weighted by atomic mass is 10.2. The highest BCUT2D eigenvalue weighted by atomic mass is 32.2. The molecule has 98 valence electrons. The minimum absolute atomic E-state index is 0.104. The molecular weight excluding hydrogens is 258 g/mol. The molecule has 1 unspecified atom stereocenters. The Morgan fingerprint density at radius 3 is 3.00 bits per heavy atom. The molecule has 1 atom stereocenters. The molecule has 0 N–H and O–H groups in total. The molecule has 0 aromatic carbocycles. The zero-order valence-corrected chi connectivity index (χ0v) is 11.5. The Balaban J connectivity index is 1.85. The fraction of sp³-hybridized carbons (Fsp3) is 0.286. The minimum Gasteiger partial charge on any atom is -0.352 e. The van der Waals surface area contributed by atoms with Gasteiger partial charge in [0.1, 0.15) is 5.37 Å². The lowest BCUT2D eigenvalue weighted by Crippen LogP contribution is -2.28. The number of carbonyl (C=O) groups excluding carboxylic acids is 1. The Labute approximate surface area is 116 Å². The van der Waals surface area contributed by atoms with Gasteiger partial charge < -0.3 is 9.47 Å². The summed E-state index contributed by atoms with van der Waals surface area (Å²) in [6, 6.07) is 8.00. The van der Waals surface area contributed by atoms with E-state index in [4.69, 9.17) is 0 Å². The van der Waals surface area contributed by atoms with E-state index in [-0.39, 0.29) is 11.3 Å². The average molecular weight is 273 g/mol. The summed E-state index contributed by atoms with van der Waals surface area (Å²) in [6.45, 7) is 0.621. The number of aromatic nitrogens is 2. The first-order valence-electron chi connectivity index (χ1n) is 6.17. The Morgan fingerprint density at radius 1 is 1.42 bits per heavy atom. The van der Waals surface area contributed by atoms with Crippen molar-refractivity contribution in [1.82, 2.24) is 14.5 Å². The summed E-state index contributed by atoms with van der Waals surface area (Å²) in [7, 11) is 2.01. The molecule has 0 aliphatic carbocycles. The first-order valence-corrected chi connectivity index (χ1v) is 7.22. The molecule has 3 heterocycles. The molecule has 1 aliphatic heterocycles. The Kier molecular flexibility index (Phi) is 3.29. The zero-order chi connectivity index (χ0) is 13.2. The minimum atomic E-state index is 0.104. The number of aryl methyl sites for hydroxylation is 1. The third-order valence-corrected chi connectivity index (χ3v) is 4.51. The van der Waals surface area contributed by atoms with Gasteiger partial charge in [0.15, 0.2) is 0 Å². The van der Waals surface area contributed by atoms with Gasteiger partial charge in [-0.3, -0.25) is 9.78 Å². The van der Waals surface area contributed by atoms with Crippen molar-refractivity contribution in [2.24, 2.45) is 7.05 Å². The van der Waals surface area contributed by atoms with Crippen LogP contribution in [0.4, 0.5) is 0 Å². The lowest BCUT2D eigenvalue weighted by molar-refractivity contribution is -0.128. The zero-order valence-electron chi connectivity index (χ0n) is 10.7. The van der Waals surface area contributed by atoms with Crippen molar-refractivity contribution in [2.45, 2.75) is 11.9 Å². The molecule has 4 nitrogen and oxygen atoms in total. The van der Waals surface area contributed by atoms with Crippen molar-refractivity contribution in [3.63, 3.8) is 0 Å². The lowest BCUT2D eigenvalue weighted by Gasteiger charge is -2.24. The van der Waals surface area contributed by atoms with Gasteiger partial charge in [-0.05, 0) is 23.8 Å². The van der Waals surface area contributed by atoms with Crippen molar-refractivity contribution in [3.8, 4) is 0 Å². The molecule has 2 aromatic heterocycles. The van der Waals surface area contributed by atoms with E-state index < -0.39 is 0 Å². The number of rotatable bonds is 3. The van der Waals surface area contributed by atoms with Crippen molar-refractivity contribution in [3.05, 3.63) is 54.1 Å². The molecule has 0 radical (unpaired) electrons. The van der Waals surface area contributed by atoms with E-state index in [1.165, 1.54) is 5.69 Å². The number of hydrogen-bond donors (Lipinski definition) is 0. The second-order valence-electron chi connectivity index (χ2n) is 4.59. The number of thioether (sulfide) groups is 1. The van der Waals surface area contributed by atoms with Crippen LogP contribution in [-0.4, -0.2) is 26.1 Å². The van der Waals surface area contributed by atoms with Gasteiger partial charge in [-0.1, -0.05) is 6.07 Å². The van der Waals surface area contributed by atoms with Crippen LogP contribution in [0.2, 0.25) is 0 Å². The third-order valence-electron chi connectivity index (χ3n) is 3.28. The molecule has 1 amide bonds. The highest BCUT2D eigenvalue weighted by molar-refractivity contribution is 8.00. The van der Waals surface area contributed by atoms with Gasteiger partial charge in [-0.2, -0.15) is 0 Å². The fourth-order valence-corrected chi connectivity index (χ4v) is 3.54. The van der Waals surface area contributed by atoms with Gasteiger partial charge >= 0.3 is 0 Å². The standard InChI is InChI=1S/C14H15N3OS/c1-16-7-3-5-12(16)14-17(13(18)10-19-14)9-11-4-2-6-15-8-11/h2-8,14H,9-10H2,1H3. The summed E-state index contributed by atoms with van der Waals surface area (Å²) in [6.07, 6.45) is 5.58. The Morgan fingerprint density at radius 2 is 2.32 bits per heavy atom. The van der Waals surface area contributed by atoms with E-state index in [0.29, 0.717) is 12.3 Å². The van der Waals surface area contributed by atoms with Crippen molar-refractivity contribution < 1.29 is 4.79 Å². The number of pyridine rings is 1. The normalized spacial score (nSPS) is 19.1. The average Bonchev–Trinajstić information content (AvgIpc) is 2.99. The van der Waals surface area contributed by atoms with Crippen LogP contribution < -0.4 is 0 Å². The number of carbonyl (C=O) groups is 1. The molecule has 1 saturated heterocycles. The van der Waals surface area contributed by atoms with Gasteiger partial charge in [-0.15, -0.1) is 11.8 Å². The molecule has 3 rings (SSSR count). The summed E-state index contributed by atoms with van der Waals surface area (Å²) in [4.78, 5) is 18.1. The smallest absolute Gasteiger partial charge is 0.234 e. The molecule has 2 aromatic rings. The van der Waals surface area contributed by atoms with Gasteiger partial charge in [0.2, 0.25) is 5.91 Å². The SMILES string of the molecule is Cn1cccc1C1SCC(=O)N1Cc1cccnc1. The molecule has 0 saturated carbocycles. The van der Waals surface area contributed by atoms with Crippen molar-refractivity contribution >= 4 is 17.7 Å². The summed E-state index contributed by atoms with van der Waals surface area (Å²) in [5.74, 6) is 0.746. The van der Waals surface area contributed by atoms with Crippen LogP contribution in [-0.2, 0) is 18.4 Å². The number of hydrogen-bond acceptors (Lipinski definition) is 3. The topological polar surface area (TPSA) is 38.1 Å². The van der Waals surface area contributed by atoms with Gasteiger partial charge in [0.25, 0.3) is 0 Å². The molecular formula is C14H15N3OS. The van der Waals surface area contributed by atoms with E-state index >= 15 is 0 Å². The van der Waals surface area contributed by atoms with Crippen LogP contribution in [0.3, 0.4) is 0 Å². The maximum Gasteiger partial charge on any atom is 0.234 e. The predicted molar refractivity (Wildman–Crippen MR) is 75.4 cm³/mol. The van der Waals surface area contributed by atoms with Crippen LogP contribution in [0.15, 0.2) is 42.9 Å². The third kappa shape index (κ3) is 2.38. The van der Waals surface area contributed by atoms with E-state index in [9.17, 15) is 4.79 Å². The largest absolute Gasteiger partial charge is 0.352 e. The number of nitrogens with zero attached hydrogens (tertiary/aromatic N) is 3. The van der Waals surface area contributed by atoms with Crippen molar-refractivity contribution in [2.75, 3.05) is 5.75 Å². The van der Waals surface area contributed by atoms with Crippen LogP contribution >= 0.6 is 11.8 Å². The molecule has 1 fully saturated rings. The monoisotopic (exact) mass is 273 g/mol. The first-order chi connectivity index (χ1) is 9.25. The number of amides is 1. The van der Waals surface area contributed by atoms with E-state index in [0.717, 1.165) is 5.56 Å².